The fraction of sp³-hybridized carbons (Fsp3) is 0.286. The van der Waals surface area contributed by atoms with Gasteiger partial charge in [0.2, 0.25) is 5.95 Å². The summed E-state index contributed by atoms with van der Waals surface area (Å²) in [6.45, 7) is 4.37. The van der Waals surface area contributed by atoms with Crippen molar-refractivity contribution in [1.29, 1.82) is 0 Å². The summed E-state index contributed by atoms with van der Waals surface area (Å²) in [6.07, 6.45) is 0. The molecule has 0 amide bonds. The first-order valence-corrected chi connectivity index (χ1v) is 11.2. The van der Waals surface area contributed by atoms with E-state index in [9.17, 15) is 9.18 Å². The molecule has 156 valence electrons. The van der Waals surface area contributed by atoms with Crippen LogP contribution in [0.15, 0.2) is 58.2 Å². The lowest BCUT2D eigenvalue weighted by Gasteiger charge is -2.28. The number of ether oxygens (including phenoxy) is 1. The Morgan fingerprint density at radius 2 is 1.90 bits per heavy atom. The highest BCUT2D eigenvalue weighted by Crippen LogP contribution is 2.31. The summed E-state index contributed by atoms with van der Waals surface area (Å²) >= 11 is 4.70. The molecule has 1 fully saturated rings. The second-order valence-electron chi connectivity index (χ2n) is 6.83. The Balaban J connectivity index is 1.66. The highest BCUT2D eigenvalue weighted by molar-refractivity contribution is 9.10. The number of carbonyl (C=O) groups is 1. The molecule has 0 N–H and O–H groups in total. The van der Waals surface area contributed by atoms with Crippen LogP contribution in [0.25, 0.3) is 5.69 Å². The van der Waals surface area contributed by atoms with E-state index in [1.807, 2.05) is 29.7 Å². The standard InChI is InChI=1S/C21H20BrFN4O2S/c1-14(19(28)15-5-7-16(22)8-6-15)30-21-25-24-20(26-9-11-29-12-10-26)27(21)18-4-2-3-17(23)13-18/h2-8,13-14H,9-12H2,1H3/t14-/m1/s1. The second kappa shape index (κ2) is 9.28. The quantitative estimate of drug-likeness (QED) is 0.377. The van der Waals surface area contributed by atoms with Gasteiger partial charge < -0.3 is 9.64 Å². The van der Waals surface area contributed by atoms with Gasteiger partial charge in [0.05, 0.1) is 24.2 Å². The van der Waals surface area contributed by atoms with Crippen molar-refractivity contribution in [2.24, 2.45) is 0 Å². The van der Waals surface area contributed by atoms with Crippen molar-refractivity contribution in [3.63, 3.8) is 0 Å². The van der Waals surface area contributed by atoms with Gasteiger partial charge in [-0.15, -0.1) is 10.2 Å². The van der Waals surface area contributed by atoms with Crippen LogP contribution in [0.3, 0.4) is 0 Å². The van der Waals surface area contributed by atoms with Crippen LogP contribution >= 0.6 is 27.7 Å². The van der Waals surface area contributed by atoms with Crippen LogP contribution in [0.5, 0.6) is 0 Å². The van der Waals surface area contributed by atoms with Crippen molar-refractivity contribution in [2.75, 3.05) is 31.2 Å². The molecule has 1 saturated heterocycles. The first-order valence-electron chi connectivity index (χ1n) is 9.53. The molecule has 0 unspecified atom stereocenters. The third kappa shape index (κ3) is 4.58. The molecule has 6 nitrogen and oxygen atoms in total. The third-order valence-electron chi connectivity index (χ3n) is 4.76. The van der Waals surface area contributed by atoms with Gasteiger partial charge >= 0.3 is 0 Å². The SMILES string of the molecule is C[C@@H](Sc1nnc(N2CCOCC2)n1-c1cccc(F)c1)C(=O)c1ccc(Br)cc1. The maximum atomic E-state index is 14.0. The number of carbonyl (C=O) groups excluding carboxylic acids is 1. The maximum Gasteiger partial charge on any atom is 0.232 e. The van der Waals surface area contributed by atoms with E-state index >= 15 is 0 Å². The van der Waals surface area contributed by atoms with Crippen LogP contribution in [-0.2, 0) is 4.74 Å². The number of Topliss-reactive ketones (excluding diaryl/α,β-unsaturated/α-hetero) is 1. The molecular formula is C21H20BrFN4O2S. The first kappa shape index (κ1) is 21.0. The molecule has 3 aromatic rings. The number of hydrogen-bond donors (Lipinski definition) is 0. The molecule has 1 aliphatic heterocycles. The van der Waals surface area contributed by atoms with E-state index in [4.69, 9.17) is 4.74 Å². The minimum atomic E-state index is -0.389. The fourth-order valence-electron chi connectivity index (χ4n) is 3.21. The Morgan fingerprint density at radius 3 is 2.60 bits per heavy atom. The topological polar surface area (TPSA) is 60.2 Å². The number of ketones is 1. The van der Waals surface area contributed by atoms with Crippen molar-refractivity contribution in [3.8, 4) is 5.69 Å². The molecule has 0 spiro atoms. The Labute approximate surface area is 186 Å². The lowest BCUT2D eigenvalue weighted by molar-refractivity contribution is 0.0994. The van der Waals surface area contributed by atoms with E-state index in [0.717, 1.165) is 4.47 Å². The average molecular weight is 491 g/mol. The van der Waals surface area contributed by atoms with Crippen LogP contribution < -0.4 is 4.90 Å². The first-order chi connectivity index (χ1) is 14.5. The molecule has 1 aliphatic rings. The predicted molar refractivity (Wildman–Crippen MR) is 118 cm³/mol. The summed E-state index contributed by atoms with van der Waals surface area (Å²) < 4.78 is 22.1. The minimum Gasteiger partial charge on any atom is -0.378 e. The zero-order valence-corrected chi connectivity index (χ0v) is 18.7. The Bertz CT molecular complexity index is 1040. The van der Waals surface area contributed by atoms with Gasteiger partial charge in [0.25, 0.3) is 0 Å². The zero-order valence-electron chi connectivity index (χ0n) is 16.3. The van der Waals surface area contributed by atoms with Crippen LogP contribution in [0.1, 0.15) is 17.3 Å². The molecular weight excluding hydrogens is 471 g/mol. The Kier molecular flexibility index (Phi) is 6.50. The van der Waals surface area contributed by atoms with Crippen LogP contribution in [-0.4, -0.2) is 52.1 Å². The van der Waals surface area contributed by atoms with Gasteiger partial charge in [-0.3, -0.25) is 9.36 Å². The Morgan fingerprint density at radius 1 is 1.17 bits per heavy atom. The van der Waals surface area contributed by atoms with Gasteiger partial charge in [-0.1, -0.05) is 45.9 Å². The second-order valence-corrected chi connectivity index (χ2v) is 9.05. The highest BCUT2D eigenvalue weighted by atomic mass is 79.9. The molecule has 1 aromatic heterocycles. The molecule has 0 aliphatic carbocycles. The lowest BCUT2D eigenvalue weighted by atomic mass is 10.1. The highest BCUT2D eigenvalue weighted by Gasteiger charge is 2.25. The van der Waals surface area contributed by atoms with Gasteiger partial charge in [0.1, 0.15) is 5.82 Å². The van der Waals surface area contributed by atoms with E-state index in [1.165, 1.54) is 23.9 Å². The number of nitrogens with zero attached hydrogens (tertiary/aromatic N) is 4. The van der Waals surface area contributed by atoms with Crippen molar-refractivity contribution >= 4 is 39.4 Å². The van der Waals surface area contributed by atoms with E-state index in [0.29, 0.717) is 48.7 Å². The van der Waals surface area contributed by atoms with Gasteiger partial charge in [-0.25, -0.2) is 4.39 Å². The lowest BCUT2D eigenvalue weighted by Crippen LogP contribution is -2.37. The largest absolute Gasteiger partial charge is 0.378 e. The summed E-state index contributed by atoms with van der Waals surface area (Å²) in [4.78, 5) is 15.0. The number of morpholine rings is 1. The number of aromatic nitrogens is 3. The normalized spacial score (nSPS) is 15.2. The van der Waals surface area contributed by atoms with Crippen LogP contribution in [0.2, 0.25) is 0 Å². The van der Waals surface area contributed by atoms with E-state index in [1.54, 1.807) is 18.2 Å². The number of halogens is 2. The molecule has 1 atom stereocenters. The molecule has 0 radical (unpaired) electrons. The monoisotopic (exact) mass is 490 g/mol. The molecule has 2 heterocycles. The smallest absolute Gasteiger partial charge is 0.232 e. The summed E-state index contributed by atoms with van der Waals surface area (Å²) in [6, 6.07) is 13.6. The van der Waals surface area contributed by atoms with Crippen molar-refractivity contribution in [3.05, 3.63) is 64.4 Å². The molecule has 30 heavy (non-hydrogen) atoms. The Hall–Kier alpha value is -2.23. The third-order valence-corrected chi connectivity index (χ3v) is 6.33. The van der Waals surface area contributed by atoms with Crippen LogP contribution in [0, 0.1) is 5.82 Å². The molecule has 9 heteroatoms. The summed E-state index contributed by atoms with van der Waals surface area (Å²) in [5.41, 5.74) is 1.25. The van der Waals surface area contributed by atoms with Gasteiger partial charge in [-0.2, -0.15) is 0 Å². The van der Waals surface area contributed by atoms with E-state index in [-0.39, 0.29) is 16.9 Å². The summed E-state index contributed by atoms with van der Waals surface area (Å²) in [5, 5.41) is 8.86. The van der Waals surface area contributed by atoms with E-state index in [2.05, 4.69) is 31.0 Å². The number of anilines is 1. The van der Waals surface area contributed by atoms with Crippen LogP contribution in [0.4, 0.5) is 10.3 Å². The minimum absolute atomic E-state index is 0.00536. The average Bonchev–Trinajstić information content (AvgIpc) is 3.18. The van der Waals surface area contributed by atoms with E-state index < -0.39 is 0 Å². The summed E-state index contributed by atoms with van der Waals surface area (Å²) in [5.74, 6) is 0.271. The maximum absolute atomic E-state index is 14.0. The van der Waals surface area contributed by atoms with Gasteiger partial charge in [-0.05, 0) is 37.3 Å². The van der Waals surface area contributed by atoms with Crippen molar-refractivity contribution in [1.82, 2.24) is 14.8 Å². The number of hydrogen-bond acceptors (Lipinski definition) is 6. The molecule has 2 aromatic carbocycles. The number of thioether (sulfide) groups is 1. The number of rotatable bonds is 6. The predicted octanol–water partition coefficient (Wildman–Crippen LogP) is 4.37. The van der Waals surface area contributed by atoms with Gasteiger partial charge in [0, 0.05) is 23.1 Å². The number of benzene rings is 2. The van der Waals surface area contributed by atoms with Crippen molar-refractivity contribution < 1.29 is 13.9 Å². The molecule has 0 saturated carbocycles. The van der Waals surface area contributed by atoms with Crippen molar-refractivity contribution in [2.45, 2.75) is 17.3 Å². The zero-order chi connectivity index (χ0) is 21.1. The fourth-order valence-corrected chi connectivity index (χ4v) is 4.41. The molecule has 0 bridgehead atoms. The summed E-state index contributed by atoms with van der Waals surface area (Å²) in [7, 11) is 0. The van der Waals surface area contributed by atoms with Gasteiger partial charge in [0.15, 0.2) is 10.9 Å². The molecule has 4 rings (SSSR count).